The van der Waals surface area contributed by atoms with E-state index in [0.29, 0.717) is 0 Å². The van der Waals surface area contributed by atoms with E-state index in [4.69, 9.17) is 4.74 Å². The lowest BCUT2D eigenvalue weighted by atomic mass is 10.3. The van der Waals surface area contributed by atoms with Gasteiger partial charge in [0.1, 0.15) is 6.10 Å². The Morgan fingerprint density at radius 2 is 2.50 bits per heavy atom. The Balaban J connectivity index is 2.44. The predicted molar refractivity (Wildman–Crippen MR) is 59.1 cm³/mol. The Labute approximate surface area is 87.5 Å². The normalized spacial score (nSPS) is 12.6. The van der Waals surface area contributed by atoms with Gasteiger partial charge in [0.2, 0.25) is 0 Å². The van der Waals surface area contributed by atoms with Crippen LogP contribution in [0.1, 0.15) is 11.8 Å². The zero-order valence-corrected chi connectivity index (χ0v) is 8.79. The molecule has 2 nitrogen and oxygen atoms in total. The van der Waals surface area contributed by atoms with Crippen LogP contribution in [0.4, 0.5) is 0 Å². The van der Waals surface area contributed by atoms with Gasteiger partial charge in [-0.05, 0) is 30.5 Å². The summed E-state index contributed by atoms with van der Waals surface area (Å²) in [5.41, 5.74) is 0. The van der Waals surface area contributed by atoms with Crippen molar-refractivity contribution in [3.63, 3.8) is 0 Å². The zero-order chi connectivity index (χ0) is 10.4. The minimum absolute atomic E-state index is 0.220. The van der Waals surface area contributed by atoms with Crippen LogP contribution >= 0.6 is 11.3 Å². The Morgan fingerprint density at radius 1 is 1.71 bits per heavy atom. The molecule has 0 unspecified atom stereocenters. The summed E-state index contributed by atoms with van der Waals surface area (Å²) >= 11 is 1.64. The summed E-state index contributed by atoms with van der Waals surface area (Å²) < 4.78 is 4.96. The highest BCUT2D eigenvalue weighted by Crippen LogP contribution is 2.11. The van der Waals surface area contributed by atoms with E-state index in [0.717, 1.165) is 11.0 Å². The van der Waals surface area contributed by atoms with Crippen molar-refractivity contribution in [3.8, 4) is 0 Å². The second kappa shape index (κ2) is 5.40. The third kappa shape index (κ3) is 3.58. The molecule has 0 bridgehead atoms. The molecule has 0 saturated carbocycles. The van der Waals surface area contributed by atoms with E-state index in [9.17, 15) is 4.79 Å². The molecule has 0 saturated heterocycles. The van der Waals surface area contributed by atoms with Gasteiger partial charge in [0.05, 0.1) is 0 Å². The number of thiophene rings is 1. The first-order chi connectivity index (χ1) is 6.72. The maximum atomic E-state index is 10.8. The third-order valence-corrected chi connectivity index (χ3v) is 2.38. The van der Waals surface area contributed by atoms with Crippen LogP contribution in [0.5, 0.6) is 0 Å². The van der Waals surface area contributed by atoms with Gasteiger partial charge in [-0.1, -0.05) is 12.6 Å². The molecule has 0 amide bonds. The van der Waals surface area contributed by atoms with Gasteiger partial charge in [-0.15, -0.1) is 11.3 Å². The lowest BCUT2D eigenvalue weighted by molar-refractivity contribution is -0.140. The SMILES string of the molecule is C=CC(=O)O[C@H](C)/C=C/c1cccs1. The average molecular weight is 208 g/mol. The van der Waals surface area contributed by atoms with Gasteiger partial charge in [0.25, 0.3) is 0 Å². The van der Waals surface area contributed by atoms with Gasteiger partial charge < -0.3 is 4.74 Å². The Kier molecular flexibility index (Phi) is 4.13. The van der Waals surface area contributed by atoms with Crippen molar-refractivity contribution in [2.45, 2.75) is 13.0 Å². The van der Waals surface area contributed by atoms with Crippen molar-refractivity contribution in [1.82, 2.24) is 0 Å². The van der Waals surface area contributed by atoms with E-state index in [1.807, 2.05) is 36.6 Å². The van der Waals surface area contributed by atoms with Crippen LogP contribution in [0.25, 0.3) is 6.08 Å². The van der Waals surface area contributed by atoms with Crippen molar-refractivity contribution in [3.05, 3.63) is 41.1 Å². The molecule has 0 fully saturated rings. The summed E-state index contributed by atoms with van der Waals surface area (Å²) in [5.74, 6) is -0.395. The van der Waals surface area contributed by atoms with Crippen molar-refractivity contribution in [2.75, 3.05) is 0 Å². The number of carbonyl (C=O) groups is 1. The van der Waals surface area contributed by atoms with E-state index >= 15 is 0 Å². The highest BCUT2D eigenvalue weighted by Gasteiger charge is 2.01. The van der Waals surface area contributed by atoms with Crippen LogP contribution < -0.4 is 0 Å². The molecule has 0 aliphatic carbocycles. The topological polar surface area (TPSA) is 26.3 Å². The average Bonchev–Trinajstić information content (AvgIpc) is 2.67. The summed E-state index contributed by atoms with van der Waals surface area (Å²) in [6.07, 6.45) is 4.72. The first-order valence-corrected chi connectivity index (χ1v) is 5.15. The first kappa shape index (κ1) is 10.7. The third-order valence-electron chi connectivity index (χ3n) is 1.54. The van der Waals surface area contributed by atoms with E-state index in [-0.39, 0.29) is 6.10 Å². The number of hydrogen-bond donors (Lipinski definition) is 0. The van der Waals surface area contributed by atoms with Crippen molar-refractivity contribution < 1.29 is 9.53 Å². The minimum atomic E-state index is -0.395. The van der Waals surface area contributed by atoms with Gasteiger partial charge in [-0.2, -0.15) is 0 Å². The van der Waals surface area contributed by atoms with Gasteiger partial charge in [-0.3, -0.25) is 0 Å². The molecular weight excluding hydrogens is 196 g/mol. The van der Waals surface area contributed by atoms with Crippen LogP contribution in [-0.2, 0) is 9.53 Å². The summed E-state index contributed by atoms with van der Waals surface area (Å²) in [4.78, 5) is 12.0. The Bertz CT molecular complexity index is 325. The van der Waals surface area contributed by atoms with Gasteiger partial charge in [0, 0.05) is 11.0 Å². The molecule has 0 aliphatic rings. The molecule has 3 heteroatoms. The van der Waals surface area contributed by atoms with Crippen molar-refractivity contribution >= 4 is 23.4 Å². The van der Waals surface area contributed by atoms with Crippen molar-refractivity contribution in [1.29, 1.82) is 0 Å². The summed E-state index contributed by atoms with van der Waals surface area (Å²) in [6, 6.07) is 3.98. The Hall–Kier alpha value is -1.35. The van der Waals surface area contributed by atoms with E-state index in [1.54, 1.807) is 11.3 Å². The predicted octanol–water partition coefficient (Wildman–Crippen LogP) is 2.88. The first-order valence-electron chi connectivity index (χ1n) is 4.27. The second-order valence-corrected chi connectivity index (χ2v) is 3.70. The van der Waals surface area contributed by atoms with Crippen LogP contribution in [0.3, 0.4) is 0 Å². The molecule has 0 spiro atoms. The van der Waals surface area contributed by atoms with Crippen molar-refractivity contribution in [2.24, 2.45) is 0 Å². The fraction of sp³-hybridized carbons (Fsp3) is 0.182. The van der Waals surface area contributed by atoms with E-state index in [2.05, 4.69) is 6.58 Å². The highest BCUT2D eigenvalue weighted by molar-refractivity contribution is 7.10. The maximum Gasteiger partial charge on any atom is 0.330 e. The van der Waals surface area contributed by atoms with Crippen LogP contribution in [0, 0.1) is 0 Å². The quantitative estimate of drug-likeness (QED) is 0.561. The lowest BCUT2D eigenvalue weighted by Crippen LogP contribution is -2.09. The second-order valence-electron chi connectivity index (χ2n) is 2.72. The molecule has 1 aromatic heterocycles. The molecule has 0 radical (unpaired) electrons. The van der Waals surface area contributed by atoms with Crippen LogP contribution in [0.15, 0.2) is 36.2 Å². The molecule has 1 aromatic rings. The molecule has 0 aliphatic heterocycles. The Morgan fingerprint density at radius 3 is 3.07 bits per heavy atom. The number of rotatable bonds is 4. The molecule has 14 heavy (non-hydrogen) atoms. The van der Waals surface area contributed by atoms with Gasteiger partial charge >= 0.3 is 5.97 Å². The van der Waals surface area contributed by atoms with Crippen LogP contribution in [-0.4, -0.2) is 12.1 Å². The smallest absolute Gasteiger partial charge is 0.330 e. The van der Waals surface area contributed by atoms with Crippen LogP contribution in [0.2, 0.25) is 0 Å². The largest absolute Gasteiger partial charge is 0.455 e. The summed E-state index contributed by atoms with van der Waals surface area (Å²) in [6.45, 7) is 5.14. The molecule has 1 heterocycles. The minimum Gasteiger partial charge on any atom is -0.455 e. The standard InChI is InChI=1S/C11H12O2S/c1-3-11(12)13-9(2)6-7-10-5-4-8-14-10/h3-9H,1H2,2H3/b7-6+/t9-/m1/s1. The molecule has 74 valence electrons. The van der Waals surface area contributed by atoms with Gasteiger partial charge in [-0.25, -0.2) is 4.79 Å². The maximum absolute atomic E-state index is 10.8. The molecular formula is C11H12O2S. The highest BCUT2D eigenvalue weighted by atomic mass is 32.1. The van der Waals surface area contributed by atoms with Gasteiger partial charge in [0.15, 0.2) is 0 Å². The molecule has 0 N–H and O–H groups in total. The van der Waals surface area contributed by atoms with E-state index in [1.165, 1.54) is 0 Å². The molecule has 0 aromatic carbocycles. The molecule has 1 rings (SSSR count). The molecule has 1 atom stereocenters. The summed E-state index contributed by atoms with van der Waals surface area (Å²) in [7, 11) is 0. The number of hydrogen-bond acceptors (Lipinski definition) is 3. The zero-order valence-electron chi connectivity index (χ0n) is 7.97. The summed E-state index contributed by atoms with van der Waals surface area (Å²) in [5, 5.41) is 2.00. The monoisotopic (exact) mass is 208 g/mol. The number of ether oxygens (including phenoxy) is 1. The lowest BCUT2D eigenvalue weighted by Gasteiger charge is -2.05. The number of carbonyl (C=O) groups excluding carboxylic acids is 1. The fourth-order valence-corrected chi connectivity index (χ4v) is 1.52. The fourth-order valence-electron chi connectivity index (χ4n) is 0.887. The van der Waals surface area contributed by atoms with E-state index < -0.39 is 5.97 Å². The number of esters is 1.